The Morgan fingerprint density at radius 1 is 1.11 bits per heavy atom. The van der Waals surface area contributed by atoms with Crippen molar-refractivity contribution in [1.29, 1.82) is 0 Å². The van der Waals surface area contributed by atoms with Crippen LogP contribution in [0.5, 0.6) is 0 Å². The summed E-state index contributed by atoms with van der Waals surface area (Å²) >= 11 is 0. The van der Waals surface area contributed by atoms with Gasteiger partial charge in [0.05, 0.1) is 12.7 Å². The van der Waals surface area contributed by atoms with Crippen LogP contribution in [0.25, 0.3) is 0 Å². The van der Waals surface area contributed by atoms with Crippen molar-refractivity contribution >= 4 is 12.0 Å². The van der Waals surface area contributed by atoms with Gasteiger partial charge in [-0.15, -0.1) is 0 Å². The van der Waals surface area contributed by atoms with Crippen molar-refractivity contribution < 1.29 is 38.7 Å². The van der Waals surface area contributed by atoms with Gasteiger partial charge in [-0.2, -0.15) is 0 Å². The van der Waals surface area contributed by atoms with E-state index in [1.165, 1.54) is 6.92 Å². The average molecular weight is 497 g/mol. The summed E-state index contributed by atoms with van der Waals surface area (Å²) in [5, 5.41) is 25.9. The molecule has 1 aromatic carbocycles. The van der Waals surface area contributed by atoms with Gasteiger partial charge in [-0.3, -0.25) is 4.79 Å². The molecular formula is C25H40N2O8. The molecule has 0 aliphatic carbocycles. The van der Waals surface area contributed by atoms with Crippen LogP contribution in [-0.2, 0) is 30.3 Å². The standard InChI is InChI=1S/C25H40N2O8/c1-17(2)34-23-20(15-28)35-24(21(22(23)30)27-18(3)29)32-14-10-5-4-9-13-26-25(31)33-16-19-11-7-6-8-12-19/h6-8,11-12,17,20-24,28,30H,4-5,9-10,13-16H2,1-3H3,(H,26,31)(H,27,29). The number of benzene rings is 1. The van der Waals surface area contributed by atoms with Gasteiger partial charge in [0.1, 0.15) is 31.0 Å². The summed E-state index contributed by atoms with van der Waals surface area (Å²) in [6, 6.07) is 8.68. The van der Waals surface area contributed by atoms with Crippen LogP contribution in [0.1, 0.15) is 52.0 Å². The third-order valence-electron chi connectivity index (χ3n) is 5.49. The Balaban J connectivity index is 1.65. The Kier molecular flexibility index (Phi) is 13.0. The molecule has 5 unspecified atom stereocenters. The summed E-state index contributed by atoms with van der Waals surface area (Å²) in [5.41, 5.74) is 0.936. The minimum Gasteiger partial charge on any atom is -0.445 e. The van der Waals surface area contributed by atoms with E-state index in [-0.39, 0.29) is 25.2 Å². The summed E-state index contributed by atoms with van der Waals surface area (Å²) in [6.07, 6.45) is -0.901. The van der Waals surface area contributed by atoms with E-state index in [1.54, 1.807) is 0 Å². The molecule has 1 aromatic rings. The van der Waals surface area contributed by atoms with Crippen LogP contribution >= 0.6 is 0 Å². The molecule has 35 heavy (non-hydrogen) atoms. The van der Waals surface area contributed by atoms with Crippen LogP contribution in [0.15, 0.2) is 30.3 Å². The minimum atomic E-state index is -1.09. The van der Waals surface area contributed by atoms with Gasteiger partial charge >= 0.3 is 6.09 Å². The molecular weight excluding hydrogens is 456 g/mol. The predicted octanol–water partition coefficient (Wildman–Crippen LogP) is 1.87. The maximum atomic E-state index is 11.7. The van der Waals surface area contributed by atoms with Crippen LogP contribution in [-0.4, -0.2) is 78.7 Å². The maximum Gasteiger partial charge on any atom is 0.407 e. The first-order chi connectivity index (χ1) is 16.8. The molecule has 0 radical (unpaired) electrons. The van der Waals surface area contributed by atoms with Crippen LogP contribution < -0.4 is 10.6 Å². The van der Waals surface area contributed by atoms with Crippen molar-refractivity contribution in [3.63, 3.8) is 0 Å². The normalized spacial score (nSPS) is 24.2. The van der Waals surface area contributed by atoms with Crippen LogP contribution in [0.4, 0.5) is 4.79 Å². The van der Waals surface area contributed by atoms with Crippen molar-refractivity contribution in [1.82, 2.24) is 10.6 Å². The second kappa shape index (κ2) is 15.7. The summed E-state index contributed by atoms with van der Waals surface area (Å²) < 4.78 is 22.5. The lowest BCUT2D eigenvalue weighted by Gasteiger charge is -2.44. The van der Waals surface area contributed by atoms with E-state index in [4.69, 9.17) is 18.9 Å². The molecule has 1 saturated heterocycles. The Morgan fingerprint density at radius 2 is 1.83 bits per heavy atom. The van der Waals surface area contributed by atoms with E-state index < -0.39 is 36.7 Å². The molecule has 0 saturated carbocycles. The molecule has 0 aromatic heterocycles. The number of amides is 2. The second-order valence-corrected chi connectivity index (χ2v) is 8.87. The first kappa shape index (κ1) is 29.0. The lowest BCUT2D eigenvalue weighted by atomic mass is 9.96. The first-order valence-corrected chi connectivity index (χ1v) is 12.2. The monoisotopic (exact) mass is 496 g/mol. The van der Waals surface area contributed by atoms with Gasteiger partial charge in [0.25, 0.3) is 0 Å². The smallest absolute Gasteiger partial charge is 0.407 e. The molecule has 5 atom stereocenters. The Morgan fingerprint density at radius 3 is 2.49 bits per heavy atom. The molecule has 1 fully saturated rings. The quantitative estimate of drug-likeness (QED) is 0.287. The lowest BCUT2D eigenvalue weighted by molar-refractivity contribution is -0.282. The number of carbonyl (C=O) groups excluding carboxylic acids is 2. The van der Waals surface area contributed by atoms with Crippen LogP contribution in [0.3, 0.4) is 0 Å². The molecule has 1 aliphatic heterocycles. The zero-order valence-electron chi connectivity index (χ0n) is 20.9. The van der Waals surface area contributed by atoms with Gasteiger partial charge in [0.15, 0.2) is 6.29 Å². The van der Waals surface area contributed by atoms with Gasteiger partial charge in [-0.05, 0) is 32.3 Å². The second-order valence-electron chi connectivity index (χ2n) is 8.87. The number of ether oxygens (including phenoxy) is 4. The van der Waals surface area contributed by atoms with E-state index >= 15 is 0 Å². The summed E-state index contributed by atoms with van der Waals surface area (Å²) in [4.78, 5) is 23.4. The van der Waals surface area contributed by atoms with Gasteiger partial charge in [-0.1, -0.05) is 43.2 Å². The lowest BCUT2D eigenvalue weighted by Crippen LogP contribution is -2.65. The summed E-state index contributed by atoms with van der Waals surface area (Å²) in [6.45, 7) is 5.76. The number of hydrogen-bond acceptors (Lipinski definition) is 8. The van der Waals surface area contributed by atoms with Crippen molar-refractivity contribution in [3.05, 3.63) is 35.9 Å². The molecule has 4 N–H and O–H groups in total. The third kappa shape index (κ3) is 10.5. The molecule has 10 nitrogen and oxygen atoms in total. The molecule has 0 spiro atoms. The van der Waals surface area contributed by atoms with Crippen molar-refractivity contribution in [3.8, 4) is 0 Å². The van der Waals surface area contributed by atoms with Gasteiger partial charge in [0, 0.05) is 20.1 Å². The number of hydrogen-bond donors (Lipinski definition) is 4. The third-order valence-corrected chi connectivity index (χ3v) is 5.49. The molecule has 198 valence electrons. The average Bonchev–Trinajstić information content (AvgIpc) is 2.83. The molecule has 1 heterocycles. The summed E-state index contributed by atoms with van der Waals surface area (Å²) in [5.74, 6) is -0.327. The van der Waals surface area contributed by atoms with Gasteiger partial charge in [-0.25, -0.2) is 4.79 Å². The Labute approximate surface area is 207 Å². The number of alkyl carbamates (subject to hydrolysis) is 1. The zero-order chi connectivity index (χ0) is 25.6. The van der Waals surface area contributed by atoms with E-state index in [0.29, 0.717) is 13.2 Å². The zero-order valence-corrected chi connectivity index (χ0v) is 20.9. The van der Waals surface area contributed by atoms with Gasteiger partial charge < -0.3 is 39.8 Å². The number of nitrogens with one attached hydrogen (secondary N) is 2. The highest BCUT2D eigenvalue weighted by atomic mass is 16.7. The highest BCUT2D eigenvalue weighted by Crippen LogP contribution is 2.25. The number of carbonyl (C=O) groups is 2. The van der Waals surface area contributed by atoms with E-state index in [0.717, 1.165) is 31.2 Å². The number of unbranched alkanes of at least 4 members (excludes halogenated alkanes) is 3. The largest absolute Gasteiger partial charge is 0.445 e. The molecule has 1 aliphatic rings. The van der Waals surface area contributed by atoms with Crippen LogP contribution in [0.2, 0.25) is 0 Å². The highest BCUT2D eigenvalue weighted by molar-refractivity contribution is 5.73. The van der Waals surface area contributed by atoms with E-state index in [9.17, 15) is 19.8 Å². The van der Waals surface area contributed by atoms with Crippen molar-refractivity contribution in [2.45, 2.75) is 89.8 Å². The predicted molar refractivity (Wildman–Crippen MR) is 128 cm³/mol. The van der Waals surface area contributed by atoms with Gasteiger partial charge in [0.2, 0.25) is 5.91 Å². The van der Waals surface area contributed by atoms with Crippen molar-refractivity contribution in [2.75, 3.05) is 19.8 Å². The fraction of sp³-hybridized carbons (Fsp3) is 0.680. The van der Waals surface area contributed by atoms with Crippen molar-refractivity contribution in [2.24, 2.45) is 0 Å². The molecule has 2 rings (SSSR count). The minimum absolute atomic E-state index is 0.192. The number of aliphatic hydroxyl groups is 2. The fourth-order valence-electron chi connectivity index (χ4n) is 3.82. The highest BCUT2D eigenvalue weighted by Gasteiger charge is 2.47. The first-order valence-electron chi connectivity index (χ1n) is 12.2. The Hall–Kier alpha value is -2.24. The van der Waals surface area contributed by atoms with E-state index in [1.807, 2.05) is 44.2 Å². The molecule has 0 bridgehead atoms. The molecule has 10 heteroatoms. The number of rotatable bonds is 14. The number of aliphatic hydroxyl groups excluding tert-OH is 2. The topological polar surface area (TPSA) is 136 Å². The maximum absolute atomic E-state index is 11.7. The Bertz CT molecular complexity index is 748. The summed E-state index contributed by atoms with van der Waals surface area (Å²) in [7, 11) is 0. The van der Waals surface area contributed by atoms with Crippen LogP contribution in [0, 0.1) is 0 Å². The SMILES string of the molecule is CC(=O)NC1C(OCCCCCCNC(=O)OCc2ccccc2)OC(CO)C(OC(C)C)C1O. The van der Waals surface area contributed by atoms with E-state index in [2.05, 4.69) is 10.6 Å². The molecule has 2 amide bonds. The fourth-order valence-corrected chi connectivity index (χ4v) is 3.82.